The van der Waals surface area contributed by atoms with E-state index >= 15 is 0 Å². The first kappa shape index (κ1) is 16.8. The van der Waals surface area contributed by atoms with E-state index in [1.807, 2.05) is 42.5 Å². The molecule has 1 heterocycles. The predicted octanol–water partition coefficient (Wildman–Crippen LogP) is 3.49. The minimum absolute atomic E-state index is 0.125. The van der Waals surface area contributed by atoms with Crippen LogP contribution in [-0.4, -0.2) is 36.1 Å². The topological polar surface area (TPSA) is 37.4 Å². The van der Waals surface area contributed by atoms with E-state index in [0.717, 1.165) is 18.7 Å². The molecule has 0 amide bonds. The molecule has 1 saturated heterocycles. The van der Waals surface area contributed by atoms with Crippen molar-refractivity contribution in [1.82, 2.24) is 4.90 Å². The van der Waals surface area contributed by atoms with Crippen LogP contribution in [0.1, 0.15) is 45.5 Å². The quantitative estimate of drug-likeness (QED) is 0.632. The van der Waals surface area contributed by atoms with Crippen LogP contribution in [0.3, 0.4) is 0 Å². The number of likely N-dealkylation sites (tertiary alicyclic amines) is 1. The summed E-state index contributed by atoms with van der Waals surface area (Å²) in [6, 6.07) is 16.5. The van der Waals surface area contributed by atoms with Crippen LogP contribution in [0.25, 0.3) is 0 Å². The molecule has 130 valence electrons. The van der Waals surface area contributed by atoms with Crippen molar-refractivity contribution >= 4 is 11.6 Å². The van der Waals surface area contributed by atoms with Crippen molar-refractivity contribution in [1.29, 1.82) is 0 Å². The van der Waals surface area contributed by atoms with Gasteiger partial charge >= 0.3 is 0 Å². The highest BCUT2D eigenvalue weighted by molar-refractivity contribution is 6.33. The van der Waals surface area contributed by atoms with Crippen molar-refractivity contribution in [2.45, 2.75) is 24.7 Å². The Labute approximate surface area is 154 Å². The third kappa shape index (κ3) is 2.67. The summed E-state index contributed by atoms with van der Waals surface area (Å²) in [5.74, 6) is 6.09. The number of benzene rings is 2. The number of ketones is 2. The Bertz CT molecular complexity index is 864. The van der Waals surface area contributed by atoms with E-state index in [2.05, 4.69) is 16.7 Å². The third-order valence-electron chi connectivity index (χ3n) is 5.44. The summed E-state index contributed by atoms with van der Waals surface area (Å²) >= 11 is 0. The van der Waals surface area contributed by atoms with Gasteiger partial charge in [0, 0.05) is 17.5 Å². The average molecular weight is 343 g/mol. The lowest BCUT2D eigenvalue weighted by molar-refractivity contribution is 0.0798. The number of hydrogen-bond donors (Lipinski definition) is 0. The molecule has 0 aromatic heterocycles. The summed E-state index contributed by atoms with van der Waals surface area (Å²) in [5, 5.41) is 0. The maximum absolute atomic E-state index is 13.3. The summed E-state index contributed by atoms with van der Waals surface area (Å²) in [6.07, 6.45) is 2.68. The number of rotatable bonds is 3. The van der Waals surface area contributed by atoms with Crippen LogP contribution in [0, 0.1) is 11.8 Å². The zero-order valence-electron chi connectivity index (χ0n) is 14.7. The monoisotopic (exact) mass is 343 g/mol. The van der Waals surface area contributed by atoms with Crippen molar-refractivity contribution in [3.05, 3.63) is 71.3 Å². The molecule has 1 aliphatic carbocycles. The lowest BCUT2D eigenvalue weighted by atomic mass is 9.73. The molecular formula is C23H21NO2. The van der Waals surface area contributed by atoms with E-state index < -0.39 is 5.41 Å². The van der Waals surface area contributed by atoms with Gasteiger partial charge in [0.15, 0.2) is 11.6 Å². The summed E-state index contributed by atoms with van der Waals surface area (Å²) in [7, 11) is 0. The number of fused-ring (bicyclic) bond motifs is 1. The first-order valence-electron chi connectivity index (χ1n) is 9.16. The van der Waals surface area contributed by atoms with Gasteiger partial charge < -0.3 is 0 Å². The van der Waals surface area contributed by atoms with Crippen LogP contribution in [0.2, 0.25) is 0 Å². The van der Waals surface area contributed by atoms with Crippen molar-refractivity contribution < 1.29 is 9.59 Å². The van der Waals surface area contributed by atoms with Crippen LogP contribution in [0.15, 0.2) is 54.6 Å². The summed E-state index contributed by atoms with van der Waals surface area (Å²) in [6.45, 7) is 2.88. The highest BCUT2D eigenvalue weighted by Crippen LogP contribution is 2.42. The molecule has 26 heavy (non-hydrogen) atoms. The Kier molecular flexibility index (Phi) is 4.44. The molecule has 0 saturated carbocycles. The molecular weight excluding hydrogens is 322 g/mol. The fraction of sp³-hybridized carbons (Fsp3) is 0.304. The Hall–Kier alpha value is -2.70. The normalized spacial score (nSPS) is 18.5. The third-order valence-corrected chi connectivity index (χ3v) is 5.44. The summed E-state index contributed by atoms with van der Waals surface area (Å²) in [5.41, 5.74) is 0.565. The Morgan fingerprint density at radius 1 is 0.808 bits per heavy atom. The molecule has 0 N–H and O–H groups in total. The van der Waals surface area contributed by atoms with Gasteiger partial charge in [-0.1, -0.05) is 60.5 Å². The molecule has 3 nitrogen and oxygen atoms in total. The molecule has 1 aliphatic heterocycles. The molecule has 2 aliphatic rings. The van der Waals surface area contributed by atoms with E-state index in [4.69, 9.17) is 0 Å². The van der Waals surface area contributed by atoms with Gasteiger partial charge in [-0.15, -0.1) is 5.92 Å². The standard InChI is InChI=1S/C23H21NO2/c25-21-19-12-4-5-13-20(19)22(26)23(21,18-10-2-1-3-11-18)14-6-7-15-24-16-8-9-17-24/h1-5,10-13H,8-9,14-17H2. The first-order valence-corrected chi connectivity index (χ1v) is 9.16. The summed E-state index contributed by atoms with van der Waals surface area (Å²) < 4.78 is 0. The maximum Gasteiger partial charge on any atom is 0.182 e. The second-order valence-corrected chi connectivity index (χ2v) is 6.99. The SMILES string of the molecule is O=C1c2ccccc2C(=O)C1(CC#CCN1CCCC1)c1ccccc1. The molecule has 1 fully saturated rings. The number of carbonyl (C=O) groups is 2. The molecule has 2 aromatic carbocycles. The van der Waals surface area contributed by atoms with Crippen molar-refractivity contribution in [2.75, 3.05) is 19.6 Å². The highest BCUT2D eigenvalue weighted by Gasteiger charge is 2.53. The zero-order valence-corrected chi connectivity index (χ0v) is 14.7. The van der Waals surface area contributed by atoms with Gasteiger partial charge in [0.25, 0.3) is 0 Å². The molecule has 0 unspecified atom stereocenters. The van der Waals surface area contributed by atoms with E-state index in [0.29, 0.717) is 17.7 Å². The van der Waals surface area contributed by atoms with Gasteiger partial charge in [0.1, 0.15) is 5.41 Å². The predicted molar refractivity (Wildman–Crippen MR) is 101 cm³/mol. The molecule has 0 bridgehead atoms. The van der Waals surface area contributed by atoms with Gasteiger partial charge in [-0.2, -0.15) is 0 Å². The number of Topliss-reactive ketones (excluding diaryl/α,β-unsaturated/α-hetero) is 2. The number of hydrogen-bond acceptors (Lipinski definition) is 3. The lowest BCUT2D eigenvalue weighted by Gasteiger charge is -2.24. The van der Waals surface area contributed by atoms with E-state index in [1.54, 1.807) is 12.1 Å². The van der Waals surface area contributed by atoms with Gasteiger partial charge in [0.05, 0.1) is 6.54 Å². The van der Waals surface area contributed by atoms with E-state index in [1.165, 1.54) is 12.8 Å². The van der Waals surface area contributed by atoms with Crippen molar-refractivity contribution in [2.24, 2.45) is 0 Å². The fourth-order valence-corrected chi connectivity index (χ4v) is 3.99. The van der Waals surface area contributed by atoms with E-state index in [9.17, 15) is 9.59 Å². The van der Waals surface area contributed by atoms with Gasteiger partial charge in [0.2, 0.25) is 0 Å². The number of carbonyl (C=O) groups excluding carboxylic acids is 2. The largest absolute Gasteiger partial charge is 0.293 e. The first-order chi connectivity index (χ1) is 12.7. The van der Waals surface area contributed by atoms with Crippen molar-refractivity contribution in [3.8, 4) is 11.8 Å². The Morgan fingerprint density at radius 2 is 1.38 bits per heavy atom. The zero-order chi connectivity index (χ0) is 18.0. The summed E-state index contributed by atoms with van der Waals surface area (Å²) in [4.78, 5) is 28.9. The van der Waals surface area contributed by atoms with Crippen molar-refractivity contribution in [3.63, 3.8) is 0 Å². The Morgan fingerprint density at radius 3 is 2.00 bits per heavy atom. The van der Waals surface area contributed by atoms with Crippen LogP contribution in [-0.2, 0) is 5.41 Å². The van der Waals surface area contributed by atoms with E-state index in [-0.39, 0.29) is 18.0 Å². The lowest BCUT2D eigenvalue weighted by Crippen LogP contribution is -2.38. The number of nitrogens with zero attached hydrogens (tertiary/aromatic N) is 1. The van der Waals surface area contributed by atoms with Gasteiger partial charge in [-0.3, -0.25) is 14.5 Å². The second kappa shape index (κ2) is 6.90. The second-order valence-electron chi connectivity index (χ2n) is 6.99. The van der Waals surface area contributed by atoms with Crippen LogP contribution < -0.4 is 0 Å². The molecule has 4 rings (SSSR count). The van der Waals surface area contributed by atoms with Gasteiger partial charge in [-0.25, -0.2) is 0 Å². The van der Waals surface area contributed by atoms with Gasteiger partial charge in [-0.05, 0) is 31.5 Å². The van der Waals surface area contributed by atoms with Crippen LogP contribution in [0.5, 0.6) is 0 Å². The molecule has 0 atom stereocenters. The molecule has 0 spiro atoms. The Balaban J connectivity index is 1.70. The van der Waals surface area contributed by atoms with Crippen LogP contribution >= 0.6 is 0 Å². The molecule has 3 heteroatoms. The minimum Gasteiger partial charge on any atom is -0.293 e. The average Bonchev–Trinajstić information content (AvgIpc) is 3.28. The van der Waals surface area contributed by atoms with Crippen LogP contribution in [0.4, 0.5) is 0 Å². The molecule has 0 radical (unpaired) electrons. The minimum atomic E-state index is -1.21. The maximum atomic E-state index is 13.3. The smallest absolute Gasteiger partial charge is 0.182 e. The highest BCUT2D eigenvalue weighted by atomic mass is 16.2. The molecule has 2 aromatic rings. The fourth-order valence-electron chi connectivity index (χ4n) is 3.99.